The Morgan fingerprint density at radius 2 is 1.76 bits per heavy atom. The summed E-state index contributed by atoms with van der Waals surface area (Å²) in [7, 11) is 4.70. The zero-order valence-electron chi connectivity index (χ0n) is 16.4. The van der Waals surface area contributed by atoms with E-state index in [0.29, 0.717) is 29.7 Å². The molecule has 0 atom stereocenters. The molecule has 0 aliphatic rings. The van der Waals surface area contributed by atoms with Gasteiger partial charge in [0.05, 0.1) is 27.0 Å². The van der Waals surface area contributed by atoms with Crippen LogP contribution in [0.4, 0.5) is 11.6 Å². The standard InChI is InChI=1S/C21H22N4O4/c1-27-15-8-9-16(19(12-15)29-3)24-20(26)17-10-11-22-21(25-17)23-13-14-6-4-5-7-18(14)28-2/h4-12H,13H2,1-3H3,(H,24,26)(H,22,23,25). The van der Waals surface area contributed by atoms with Crippen LogP contribution >= 0.6 is 0 Å². The van der Waals surface area contributed by atoms with E-state index < -0.39 is 0 Å². The molecule has 3 rings (SSSR count). The number of ether oxygens (including phenoxy) is 3. The molecule has 1 heterocycles. The van der Waals surface area contributed by atoms with Gasteiger partial charge in [0.25, 0.3) is 5.91 Å². The average molecular weight is 394 g/mol. The van der Waals surface area contributed by atoms with Gasteiger partial charge in [-0.05, 0) is 24.3 Å². The molecule has 0 aliphatic carbocycles. The minimum atomic E-state index is -0.379. The molecular weight excluding hydrogens is 372 g/mol. The lowest BCUT2D eigenvalue weighted by Crippen LogP contribution is -2.16. The fraction of sp³-hybridized carbons (Fsp3) is 0.190. The molecule has 0 bridgehead atoms. The lowest BCUT2D eigenvalue weighted by atomic mass is 10.2. The van der Waals surface area contributed by atoms with Gasteiger partial charge in [-0.2, -0.15) is 0 Å². The third-order valence-corrected chi connectivity index (χ3v) is 4.17. The Morgan fingerprint density at radius 3 is 2.52 bits per heavy atom. The molecule has 0 saturated carbocycles. The number of hydrogen-bond donors (Lipinski definition) is 2. The second-order valence-corrected chi connectivity index (χ2v) is 5.95. The summed E-state index contributed by atoms with van der Waals surface area (Å²) in [6.07, 6.45) is 1.53. The Balaban J connectivity index is 1.71. The summed E-state index contributed by atoms with van der Waals surface area (Å²) in [6.45, 7) is 0.460. The molecule has 8 nitrogen and oxygen atoms in total. The monoisotopic (exact) mass is 394 g/mol. The fourth-order valence-electron chi connectivity index (χ4n) is 2.68. The lowest BCUT2D eigenvalue weighted by molar-refractivity contribution is 0.102. The third kappa shape index (κ3) is 4.92. The Labute approximate surface area is 168 Å². The van der Waals surface area contributed by atoms with Crippen LogP contribution in [0.2, 0.25) is 0 Å². The number of nitrogens with zero attached hydrogens (tertiary/aromatic N) is 2. The molecular formula is C21H22N4O4. The van der Waals surface area contributed by atoms with Crippen LogP contribution in [-0.2, 0) is 6.54 Å². The normalized spacial score (nSPS) is 10.2. The topological polar surface area (TPSA) is 94.6 Å². The van der Waals surface area contributed by atoms with Gasteiger partial charge in [-0.25, -0.2) is 9.97 Å². The number of benzene rings is 2. The van der Waals surface area contributed by atoms with Crippen LogP contribution in [0.1, 0.15) is 16.1 Å². The van der Waals surface area contributed by atoms with Gasteiger partial charge in [-0.1, -0.05) is 18.2 Å². The molecule has 0 fully saturated rings. The van der Waals surface area contributed by atoms with Crippen LogP contribution < -0.4 is 24.8 Å². The van der Waals surface area contributed by atoms with Gasteiger partial charge in [-0.15, -0.1) is 0 Å². The first-order valence-corrected chi connectivity index (χ1v) is 8.86. The molecule has 3 aromatic rings. The van der Waals surface area contributed by atoms with Gasteiger partial charge in [0.2, 0.25) is 5.95 Å². The van der Waals surface area contributed by atoms with Crippen molar-refractivity contribution in [3.8, 4) is 17.2 Å². The number of aromatic nitrogens is 2. The van der Waals surface area contributed by atoms with Gasteiger partial charge < -0.3 is 24.8 Å². The van der Waals surface area contributed by atoms with Crippen LogP contribution in [0.25, 0.3) is 0 Å². The molecule has 29 heavy (non-hydrogen) atoms. The average Bonchev–Trinajstić information content (AvgIpc) is 2.78. The minimum absolute atomic E-state index is 0.223. The fourth-order valence-corrected chi connectivity index (χ4v) is 2.68. The second-order valence-electron chi connectivity index (χ2n) is 5.95. The van der Waals surface area contributed by atoms with Crippen molar-refractivity contribution < 1.29 is 19.0 Å². The van der Waals surface area contributed by atoms with Crippen molar-refractivity contribution in [1.82, 2.24) is 9.97 Å². The molecule has 0 saturated heterocycles. The highest BCUT2D eigenvalue weighted by Gasteiger charge is 2.13. The summed E-state index contributed by atoms with van der Waals surface area (Å²) < 4.78 is 15.8. The van der Waals surface area contributed by atoms with Crippen molar-refractivity contribution in [3.05, 3.63) is 66.0 Å². The van der Waals surface area contributed by atoms with E-state index in [1.807, 2.05) is 24.3 Å². The Bertz CT molecular complexity index is 994. The highest BCUT2D eigenvalue weighted by Crippen LogP contribution is 2.29. The van der Waals surface area contributed by atoms with E-state index in [9.17, 15) is 4.79 Å². The first kappa shape index (κ1) is 19.9. The van der Waals surface area contributed by atoms with E-state index in [4.69, 9.17) is 14.2 Å². The summed E-state index contributed by atoms with van der Waals surface area (Å²) in [4.78, 5) is 21.1. The lowest BCUT2D eigenvalue weighted by Gasteiger charge is -2.12. The third-order valence-electron chi connectivity index (χ3n) is 4.17. The van der Waals surface area contributed by atoms with Crippen molar-refractivity contribution in [2.45, 2.75) is 6.54 Å². The van der Waals surface area contributed by atoms with E-state index in [1.54, 1.807) is 38.5 Å². The number of para-hydroxylation sites is 1. The van der Waals surface area contributed by atoms with Gasteiger partial charge in [0, 0.05) is 24.4 Å². The van der Waals surface area contributed by atoms with E-state index in [2.05, 4.69) is 20.6 Å². The van der Waals surface area contributed by atoms with Crippen molar-refractivity contribution in [2.75, 3.05) is 32.0 Å². The maximum Gasteiger partial charge on any atom is 0.274 e. The zero-order chi connectivity index (χ0) is 20.6. The zero-order valence-corrected chi connectivity index (χ0v) is 16.4. The molecule has 1 aromatic heterocycles. The summed E-state index contributed by atoms with van der Waals surface area (Å²) in [6, 6.07) is 14.3. The van der Waals surface area contributed by atoms with Gasteiger partial charge in [-0.3, -0.25) is 4.79 Å². The van der Waals surface area contributed by atoms with E-state index in [1.165, 1.54) is 13.3 Å². The van der Waals surface area contributed by atoms with Crippen LogP contribution in [0.5, 0.6) is 17.2 Å². The van der Waals surface area contributed by atoms with Crippen LogP contribution in [0.15, 0.2) is 54.7 Å². The number of amides is 1. The SMILES string of the molecule is COc1ccc(NC(=O)c2ccnc(NCc3ccccc3OC)n2)c(OC)c1. The largest absolute Gasteiger partial charge is 0.497 e. The second kappa shape index (κ2) is 9.41. The molecule has 2 aromatic carbocycles. The highest BCUT2D eigenvalue weighted by atomic mass is 16.5. The Kier molecular flexibility index (Phi) is 6.47. The number of anilines is 2. The summed E-state index contributed by atoms with van der Waals surface area (Å²) in [5.41, 5.74) is 1.69. The van der Waals surface area contributed by atoms with Crippen molar-refractivity contribution >= 4 is 17.5 Å². The number of hydrogen-bond acceptors (Lipinski definition) is 7. The quantitative estimate of drug-likeness (QED) is 0.605. The molecule has 1 amide bonds. The molecule has 8 heteroatoms. The first-order chi connectivity index (χ1) is 14.1. The molecule has 150 valence electrons. The van der Waals surface area contributed by atoms with Gasteiger partial charge in [0.15, 0.2) is 0 Å². The van der Waals surface area contributed by atoms with Crippen molar-refractivity contribution in [2.24, 2.45) is 0 Å². The van der Waals surface area contributed by atoms with Crippen molar-refractivity contribution in [3.63, 3.8) is 0 Å². The first-order valence-electron chi connectivity index (χ1n) is 8.86. The predicted octanol–water partition coefficient (Wildman–Crippen LogP) is 3.37. The highest BCUT2D eigenvalue weighted by molar-refractivity contribution is 6.03. The number of methoxy groups -OCH3 is 3. The molecule has 0 unspecified atom stereocenters. The number of rotatable bonds is 8. The predicted molar refractivity (Wildman–Crippen MR) is 110 cm³/mol. The van der Waals surface area contributed by atoms with E-state index in [0.717, 1.165) is 11.3 Å². The van der Waals surface area contributed by atoms with Gasteiger partial charge in [0.1, 0.15) is 22.9 Å². The summed E-state index contributed by atoms with van der Waals surface area (Å²) in [5.74, 6) is 1.84. The van der Waals surface area contributed by atoms with E-state index in [-0.39, 0.29) is 11.6 Å². The van der Waals surface area contributed by atoms with E-state index >= 15 is 0 Å². The number of carbonyl (C=O) groups excluding carboxylic acids is 1. The van der Waals surface area contributed by atoms with Crippen LogP contribution in [0, 0.1) is 0 Å². The Hall–Kier alpha value is -3.81. The molecule has 0 radical (unpaired) electrons. The number of carbonyl (C=O) groups is 1. The Morgan fingerprint density at radius 1 is 0.966 bits per heavy atom. The molecule has 0 spiro atoms. The van der Waals surface area contributed by atoms with Crippen molar-refractivity contribution in [1.29, 1.82) is 0 Å². The number of nitrogens with one attached hydrogen (secondary N) is 2. The summed E-state index contributed by atoms with van der Waals surface area (Å²) >= 11 is 0. The van der Waals surface area contributed by atoms with Crippen LogP contribution in [0.3, 0.4) is 0 Å². The minimum Gasteiger partial charge on any atom is -0.497 e. The maximum absolute atomic E-state index is 12.6. The van der Waals surface area contributed by atoms with Gasteiger partial charge >= 0.3 is 0 Å². The smallest absolute Gasteiger partial charge is 0.274 e. The summed E-state index contributed by atoms with van der Waals surface area (Å²) in [5, 5.41) is 5.90. The maximum atomic E-state index is 12.6. The molecule has 0 aliphatic heterocycles. The van der Waals surface area contributed by atoms with Crippen LogP contribution in [-0.4, -0.2) is 37.2 Å². The molecule has 2 N–H and O–H groups in total.